The summed E-state index contributed by atoms with van der Waals surface area (Å²) in [6.07, 6.45) is 0. The third-order valence-corrected chi connectivity index (χ3v) is 5.30. The van der Waals surface area contributed by atoms with Gasteiger partial charge >= 0.3 is 0 Å². The molecular weight excluding hydrogens is 386 g/mol. The van der Waals surface area contributed by atoms with Gasteiger partial charge in [0.1, 0.15) is 0 Å². The molecule has 1 aromatic carbocycles. The summed E-state index contributed by atoms with van der Waals surface area (Å²) in [4.78, 5) is 0.206. The van der Waals surface area contributed by atoms with Gasteiger partial charge in [0.2, 0.25) is 10.0 Å². The van der Waals surface area contributed by atoms with Crippen molar-refractivity contribution in [2.75, 3.05) is 13.7 Å². The third kappa shape index (κ3) is 4.31. The lowest BCUT2D eigenvalue weighted by Crippen LogP contribution is -2.39. The smallest absolute Gasteiger partial charge is 0.241 e. The molecule has 0 saturated heterocycles. The molecule has 0 aliphatic heterocycles. The van der Waals surface area contributed by atoms with Crippen molar-refractivity contribution in [2.45, 2.75) is 24.3 Å². The number of nitrogens with one attached hydrogen (secondary N) is 1. The van der Waals surface area contributed by atoms with Crippen molar-refractivity contribution in [3.05, 3.63) is 27.1 Å². The summed E-state index contributed by atoms with van der Waals surface area (Å²) in [5.41, 5.74) is -0.547. The van der Waals surface area contributed by atoms with Gasteiger partial charge < -0.3 is 4.74 Å². The third-order valence-electron chi connectivity index (χ3n) is 2.42. The average molecular weight is 401 g/mol. The van der Waals surface area contributed by atoms with Crippen molar-refractivity contribution >= 4 is 41.9 Å². The predicted octanol–water partition coefficient (Wildman–Crippen LogP) is 2.91. The number of rotatable bonds is 5. The van der Waals surface area contributed by atoms with Crippen LogP contribution in [0.1, 0.15) is 13.8 Å². The van der Waals surface area contributed by atoms with Crippen molar-refractivity contribution in [1.29, 1.82) is 0 Å². The lowest BCUT2D eigenvalue weighted by atomic mass is 10.1. The molecule has 1 N–H and O–H groups in total. The summed E-state index contributed by atoms with van der Waals surface area (Å²) in [6.45, 7) is 3.83. The zero-order valence-corrected chi connectivity index (χ0v) is 14.3. The Hall–Kier alpha value is 0.0500. The standard InChI is InChI=1S/C11H15Br2NO3S/c1-11(2,17-3)7-14-18(15,16)10-5-4-8(12)6-9(10)13/h4-6,14H,7H2,1-3H3. The van der Waals surface area contributed by atoms with Gasteiger partial charge in [0.15, 0.2) is 0 Å². The molecule has 0 heterocycles. The van der Waals surface area contributed by atoms with Crippen LogP contribution in [0.15, 0.2) is 32.0 Å². The molecule has 0 unspecified atom stereocenters. The minimum absolute atomic E-state index is 0.203. The first kappa shape index (κ1) is 16.1. The normalized spacial score (nSPS) is 12.7. The fourth-order valence-electron chi connectivity index (χ4n) is 1.11. The van der Waals surface area contributed by atoms with E-state index in [1.165, 1.54) is 6.07 Å². The summed E-state index contributed by atoms with van der Waals surface area (Å²) in [5, 5.41) is 0. The van der Waals surface area contributed by atoms with Crippen LogP contribution in [0.5, 0.6) is 0 Å². The summed E-state index contributed by atoms with van der Waals surface area (Å²) in [6, 6.07) is 4.91. The molecule has 7 heteroatoms. The Morgan fingerprint density at radius 2 is 1.94 bits per heavy atom. The second kappa shape index (κ2) is 6.00. The van der Waals surface area contributed by atoms with Crippen LogP contribution in [-0.2, 0) is 14.8 Å². The van der Waals surface area contributed by atoms with E-state index in [0.29, 0.717) is 4.47 Å². The van der Waals surface area contributed by atoms with E-state index in [1.807, 2.05) is 13.8 Å². The van der Waals surface area contributed by atoms with Crippen LogP contribution in [0.3, 0.4) is 0 Å². The number of halogens is 2. The molecule has 0 aliphatic rings. The predicted molar refractivity (Wildman–Crippen MR) is 78.1 cm³/mol. The highest BCUT2D eigenvalue weighted by atomic mass is 79.9. The lowest BCUT2D eigenvalue weighted by molar-refractivity contribution is 0.0276. The molecule has 0 bridgehead atoms. The first-order chi connectivity index (χ1) is 8.18. The Labute approximate surface area is 124 Å². The highest BCUT2D eigenvalue weighted by Gasteiger charge is 2.23. The zero-order valence-electron chi connectivity index (χ0n) is 10.3. The van der Waals surface area contributed by atoms with Gasteiger partial charge in [-0.3, -0.25) is 0 Å². The average Bonchev–Trinajstić information content (AvgIpc) is 2.26. The largest absolute Gasteiger partial charge is 0.377 e. The maximum atomic E-state index is 12.1. The second-order valence-corrected chi connectivity index (χ2v) is 7.87. The number of sulfonamides is 1. The molecule has 0 saturated carbocycles. The van der Waals surface area contributed by atoms with E-state index in [2.05, 4.69) is 36.6 Å². The molecular formula is C11H15Br2NO3S. The summed E-state index contributed by atoms with van der Waals surface area (Å²) >= 11 is 6.52. The molecule has 102 valence electrons. The van der Waals surface area contributed by atoms with Crippen molar-refractivity contribution in [3.8, 4) is 0 Å². The van der Waals surface area contributed by atoms with E-state index < -0.39 is 15.6 Å². The fraction of sp³-hybridized carbons (Fsp3) is 0.455. The molecule has 18 heavy (non-hydrogen) atoms. The molecule has 0 atom stereocenters. The number of hydrogen-bond acceptors (Lipinski definition) is 3. The number of ether oxygens (including phenoxy) is 1. The SMILES string of the molecule is COC(C)(C)CNS(=O)(=O)c1ccc(Br)cc1Br. The van der Waals surface area contributed by atoms with Gasteiger partial charge in [-0.15, -0.1) is 0 Å². The van der Waals surface area contributed by atoms with Gasteiger partial charge in [0, 0.05) is 22.6 Å². The molecule has 0 aliphatic carbocycles. The van der Waals surface area contributed by atoms with Crippen LogP contribution in [0.2, 0.25) is 0 Å². The first-order valence-electron chi connectivity index (χ1n) is 5.18. The summed E-state index contributed by atoms with van der Waals surface area (Å²) < 4.78 is 33.3. The second-order valence-electron chi connectivity index (χ2n) is 4.36. The number of benzene rings is 1. The van der Waals surface area contributed by atoms with Gasteiger partial charge in [0.05, 0.1) is 10.5 Å². The zero-order chi connectivity index (χ0) is 14.0. The van der Waals surface area contributed by atoms with Gasteiger partial charge in [-0.1, -0.05) is 15.9 Å². The van der Waals surface area contributed by atoms with E-state index in [1.54, 1.807) is 19.2 Å². The Kier molecular flexibility index (Phi) is 5.37. The van der Waals surface area contributed by atoms with Crippen LogP contribution in [-0.4, -0.2) is 27.7 Å². The lowest BCUT2D eigenvalue weighted by Gasteiger charge is -2.23. The van der Waals surface area contributed by atoms with Gasteiger partial charge in [-0.05, 0) is 48.0 Å². The Morgan fingerprint density at radius 3 is 2.44 bits per heavy atom. The minimum atomic E-state index is -3.55. The maximum absolute atomic E-state index is 12.1. The molecule has 0 amide bonds. The molecule has 0 fully saturated rings. The topological polar surface area (TPSA) is 55.4 Å². The van der Waals surface area contributed by atoms with Crippen molar-refractivity contribution in [2.24, 2.45) is 0 Å². The number of hydrogen-bond donors (Lipinski definition) is 1. The summed E-state index contributed by atoms with van der Waals surface area (Å²) in [7, 11) is -2.00. The molecule has 4 nitrogen and oxygen atoms in total. The quantitative estimate of drug-likeness (QED) is 0.826. The van der Waals surface area contributed by atoms with Crippen LogP contribution >= 0.6 is 31.9 Å². The molecule has 0 aromatic heterocycles. The molecule has 1 rings (SSSR count). The molecule has 0 radical (unpaired) electrons. The molecule has 1 aromatic rings. The Bertz CT molecular complexity index is 529. The van der Waals surface area contributed by atoms with E-state index in [0.717, 1.165) is 4.47 Å². The van der Waals surface area contributed by atoms with Crippen LogP contribution in [0.4, 0.5) is 0 Å². The van der Waals surface area contributed by atoms with Crippen molar-refractivity contribution < 1.29 is 13.2 Å². The first-order valence-corrected chi connectivity index (χ1v) is 8.25. The van der Waals surface area contributed by atoms with Gasteiger partial charge in [0.25, 0.3) is 0 Å². The Morgan fingerprint density at radius 1 is 1.33 bits per heavy atom. The number of methoxy groups -OCH3 is 1. The maximum Gasteiger partial charge on any atom is 0.241 e. The summed E-state index contributed by atoms with van der Waals surface area (Å²) in [5.74, 6) is 0. The van der Waals surface area contributed by atoms with Crippen LogP contribution in [0.25, 0.3) is 0 Å². The van der Waals surface area contributed by atoms with E-state index in [9.17, 15) is 8.42 Å². The van der Waals surface area contributed by atoms with Crippen LogP contribution in [0, 0.1) is 0 Å². The highest BCUT2D eigenvalue weighted by Crippen LogP contribution is 2.25. The van der Waals surface area contributed by atoms with E-state index in [-0.39, 0.29) is 11.4 Å². The minimum Gasteiger partial charge on any atom is -0.377 e. The van der Waals surface area contributed by atoms with Gasteiger partial charge in [-0.2, -0.15) is 0 Å². The molecule has 0 spiro atoms. The Balaban J connectivity index is 2.94. The van der Waals surface area contributed by atoms with Crippen molar-refractivity contribution in [1.82, 2.24) is 4.72 Å². The van der Waals surface area contributed by atoms with Crippen molar-refractivity contribution in [3.63, 3.8) is 0 Å². The fourth-order valence-corrected chi connectivity index (χ4v) is 4.05. The van der Waals surface area contributed by atoms with Crippen LogP contribution < -0.4 is 4.72 Å². The van der Waals surface area contributed by atoms with E-state index >= 15 is 0 Å². The highest BCUT2D eigenvalue weighted by molar-refractivity contribution is 9.11. The monoisotopic (exact) mass is 399 g/mol. The van der Waals surface area contributed by atoms with E-state index in [4.69, 9.17) is 4.74 Å². The van der Waals surface area contributed by atoms with Gasteiger partial charge in [-0.25, -0.2) is 13.1 Å².